The van der Waals surface area contributed by atoms with E-state index in [0.717, 1.165) is 37.2 Å². The van der Waals surface area contributed by atoms with Gasteiger partial charge in [-0.25, -0.2) is 0 Å². The van der Waals surface area contributed by atoms with Crippen molar-refractivity contribution < 1.29 is 9.90 Å². The average molecular weight is 314 g/mol. The summed E-state index contributed by atoms with van der Waals surface area (Å²) in [6.07, 6.45) is 1.60. The molecule has 0 saturated carbocycles. The molecule has 23 heavy (non-hydrogen) atoms. The van der Waals surface area contributed by atoms with Crippen molar-refractivity contribution in [2.75, 3.05) is 19.6 Å². The van der Waals surface area contributed by atoms with Gasteiger partial charge in [0.2, 0.25) is 0 Å². The van der Waals surface area contributed by atoms with Crippen LogP contribution >= 0.6 is 0 Å². The van der Waals surface area contributed by atoms with Crippen LogP contribution in [0.2, 0.25) is 0 Å². The second-order valence-corrected chi connectivity index (χ2v) is 6.10. The third-order valence-corrected chi connectivity index (χ3v) is 4.41. The Morgan fingerprint density at radius 1 is 1.43 bits per heavy atom. The van der Waals surface area contributed by atoms with Gasteiger partial charge in [-0.05, 0) is 31.0 Å². The van der Waals surface area contributed by atoms with E-state index >= 15 is 0 Å². The number of hydrogen-bond donors (Lipinski definition) is 3. The zero-order chi connectivity index (χ0) is 16.2. The van der Waals surface area contributed by atoms with E-state index in [1.165, 1.54) is 0 Å². The summed E-state index contributed by atoms with van der Waals surface area (Å²) in [4.78, 5) is 13.4. The molecule has 2 unspecified atom stereocenters. The van der Waals surface area contributed by atoms with E-state index < -0.39 is 12.0 Å². The van der Waals surface area contributed by atoms with E-state index in [1.54, 1.807) is 6.07 Å². The molecule has 0 spiro atoms. The van der Waals surface area contributed by atoms with Crippen LogP contribution in [0.3, 0.4) is 0 Å². The van der Waals surface area contributed by atoms with Gasteiger partial charge >= 0.3 is 0 Å². The number of β-amino-alcohol motifs (C(OH)–C–C–N with tert-alkyl or cyclic N) is 1. The number of nitrogens with two attached hydrogens (primary N) is 1. The van der Waals surface area contributed by atoms with Crippen molar-refractivity contribution in [1.82, 2.24) is 15.1 Å². The molecular formula is C17H22N4O2. The van der Waals surface area contributed by atoms with E-state index in [0.29, 0.717) is 6.54 Å². The van der Waals surface area contributed by atoms with Crippen LogP contribution in [0.4, 0.5) is 0 Å². The number of primary amides is 1. The zero-order valence-corrected chi connectivity index (χ0v) is 13.0. The van der Waals surface area contributed by atoms with Gasteiger partial charge in [-0.1, -0.05) is 30.3 Å². The van der Waals surface area contributed by atoms with Crippen molar-refractivity contribution >= 4 is 5.91 Å². The third-order valence-electron chi connectivity index (χ3n) is 4.41. The molecule has 1 aromatic heterocycles. The van der Waals surface area contributed by atoms with E-state index in [-0.39, 0.29) is 11.6 Å². The van der Waals surface area contributed by atoms with E-state index in [2.05, 4.69) is 15.1 Å². The molecule has 122 valence electrons. The number of benzene rings is 1. The van der Waals surface area contributed by atoms with E-state index in [4.69, 9.17) is 5.73 Å². The summed E-state index contributed by atoms with van der Waals surface area (Å²) >= 11 is 0. The summed E-state index contributed by atoms with van der Waals surface area (Å²) in [5.74, 6) is -0.230. The van der Waals surface area contributed by atoms with Gasteiger partial charge in [0.25, 0.3) is 5.91 Å². The number of hydrogen-bond acceptors (Lipinski definition) is 4. The van der Waals surface area contributed by atoms with Crippen LogP contribution in [0.1, 0.15) is 46.6 Å². The number of aliphatic hydroxyl groups excluding tert-OH is 1. The molecule has 6 nitrogen and oxygen atoms in total. The number of amides is 1. The van der Waals surface area contributed by atoms with Gasteiger partial charge in [0, 0.05) is 24.7 Å². The highest BCUT2D eigenvalue weighted by molar-refractivity contribution is 5.90. The van der Waals surface area contributed by atoms with Crippen molar-refractivity contribution in [3.05, 3.63) is 53.3 Å². The number of nitrogens with one attached hydrogen (secondary N) is 1. The Morgan fingerprint density at radius 3 is 2.91 bits per heavy atom. The maximum absolute atomic E-state index is 11.2. The Kier molecular flexibility index (Phi) is 4.73. The first-order chi connectivity index (χ1) is 11.1. The number of carbonyl (C=O) groups excluding carboxylic acids is 1. The van der Waals surface area contributed by atoms with Crippen molar-refractivity contribution in [3.63, 3.8) is 0 Å². The Hall–Kier alpha value is -2.18. The Labute approximate surface area is 135 Å². The predicted molar refractivity (Wildman–Crippen MR) is 86.9 cm³/mol. The zero-order valence-electron chi connectivity index (χ0n) is 13.0. The molecule has 2 heterocycles. The number of nitrogens with zero attached hydrogens (tertiary/aromatic N) is 2. The number of rotatable bonds is 5. The minimum absolute atomic E-state index is 0.279. The van der Waals surface area contributed by atoms with Crippen LogP contribution in [-0.4, -0.2) is 45.7 Å². The van der Waals surface area contributed by atoms with E-state index in [1.807, 2.05) is 30.3 Å². The van der Waals surface area contributed by atoms with Crippen molar-refractivity contribution in [3.8, 4) is 0 Å². The average Bonchev–Trinajstić information content (AvgIpc) is 3.06. The van der Waals surface area contributed by atoms with Crippen LogP contribution in [0.5, 0.6) is 0 Å². The van der Waals surface area contributed by atoms with Gasteiger partial charge in [-0.15, -0.1) is 0 Å². The summed E-state index contributed by atoms with van der Waals surface area (Å²) in [5, 5.41) is 17.3. The third kappa shape index (κ3) is 3.78. The number of piperidine rings is 1. The smallest absolute Gasteiger partial charge is 0.269 e. The maximum atomic E-state index is 11.2. The monoisotopic (exact) mass is 314 g/mol. The normalized spacial score (nSPS) is 20.3. The molecule has 4 N–H and O–H groups in total. The van der Waals surface area contributed by atoms with E-state index in [9.17, 15) is 9.90 Å². The molecule has 1 fully saturated rings. The predicted octanol–water partition coefficient (Wildman–Crippen LogP) is 1.42. The molecular weight excluding hydrogens is 292 g/mol. The molecule has 1 saturated heterocycles. The fraction of sp³-hybridized carbons (Fsp3) is 0.412. The van der Waals surface area contributed by atoms with Crippen LogP contribution in [0, 0.1) is 0 Å². The quantitative estimate of drug-likeness (QED) is 0.778. The van der Waals surface area contributed by atoms with Crippen molar-refractivity contribution in [1.29, 1.82) is 0 Å². The van der Waals surface area contributed by atoms with Gasteiger partial charge < -0.3 is 10.8 Å². The largest absolute Gasteiger partial charge is 0.387 e. The first kappa shape index (κ1) is 15.7. The lowest BCUT2D eigenvalue weighted by atomic mass is 9.94. The molecule has 1 aromatic carbocycles. The molecule has 1 amide bonds. The van der Waals surface area contributed by atoms with Gasteiger partial charge in [0.1, 0.15) is 5.69 Å². The lowest BCUT2D eigenvalue weighted by molar-refractivity contribution is 0.0950. The number of likely N-dealkylation sites (tertiary alicyclic amines) is 1. The van der Waals surface area contributed by atoms with Crippen LogP contribution in [-0.2, 0) is 0 Å². The van der Waals surface area contributed by atoms with Gasteiger partial charge in [-0.3, -0.25) is 14.8 Å². The molecule has 1 aliphatic heterocycles. The SMILES string of the molecule is NC(=O)c1cc(C2CCCN(CC(O)c3ccccc3)C2)[nH]n1. The lowest BCUT2D eigenvalue weighted by Gasteiger charge is -2.33. The topological polar surface area (TPSA) is 95.2 Å². The minimum atomic E-state index is -0.514. The fourth-order valence-electron chi connectivity index (χ4n) is 3.17. The number of carbonyl (C=O) groups is 1. The highest BCUT2D eigenvalue weighted by Crippen LogP contribution is 2.27. The maximum Gasteiger partial charge on any atom is 0.269 e. The first-order valence-corrected chi connectivity index (χ1v) is 7.94. The summed E-state index contributed by atoms with van der Waals surface area (Å²) in [6, 6.07) is 11.5. The molecule has 6 heteroatoms. The highest BCUT2D eigenvalue weighted by Gasteiger charge is 2.25. The molecule has 0 radical (unpaired) electrons. The second kappa shape index (κ2) is 6.93. The van der Waals surface area contributed by atoms with Crippen LogP contribution < -0.4 is 5.73 Å². The summed E-state index contributed by atoms with van der Waals surface area (Å²) in [7, 11) is 0. The number of aromatic nitrogens is 2. The summed E-state index contributed by atoms with van der Waals surface area (Å²) < 4.78 is 0. The van der Waals surface area contributed by atoms with Crippen molar-refractivity contribution in [2.45, 2.75) is 24.9 Å². The fourth-order valence-corrected chi connectivity index (χ4v) is 3.17. The number of H-pyrrole nitrogens is 1. The van der Waals surface area contributed by atoms with Crippen LogP contribution in [0.15, 0.2) is 36.4 Å². The molecule has 2 aromatic rings. The van der Waals surface area contributed by atoms with Gasteiger partial charge in [0.15, 0.2) is 0 Å². The Morgan fingerprint density at radius 2 is 2.22 bits per heavy atom. The van der Waals surface area contributed by atoms with Crippen molar-refractivity contribution in [2.24, 2.45) is 5.73 Å². The molecule has 2 atom stereocenters. The summed E-state index contributed by atoms with van der Waals surface area (Å²) in [5.41, 5.74) is 7.41. The molecule has 3 rings (SSSR count). The number of aliphatic hydroxyl groups is 1. The molecule has 1 aliphatic rings. The standard InChI is InChI=1S/C17H22N4O2/c18-17(23)15-9-14(19-20-15)13-7-4-8-21(10-13)11-16(22)12-5-2-1-3-6-12/h1-3,5-6,9,13,16,22H,4,7-8,10-11H2,(H2,18,23)(H,19,20). The number of aromatic amines is 1. The second-order valence-electron chi connectivity index (χ2n) is 6.10. The molecule has 0 aliphatic carbocycles. The first-order valence-electron chi connectivity index (χ1n) is 7.94. The minimum Gasteiger partial charge on any atom is -0.387 e. The highest BCUT2D eigenvalue weighted by atomic mass is 16.3. The lowest BCUT2D eigenvalue weighted by Crippen LogP contribution is -2.37. The van der Waals surface area contributed by atoms with Gasteiger partial charge in [-0.2, -0.15) is 5.10 Å². The van der Waals surface area contributed by atoms with Crippen LogP contribution in [0.25, 0.3) is 0 Å². The Balaban J connectivity index is 1.62. The Bertz CT molecular complexity index is 656. The molecule has 0 bridgehead atoms. The summed E-state index contributed by atoms with van der Waals surface area (Å²) in [6.45, 7) is 2.42. The van der Waals surface area contributed by atoms with Gasteiger partial charge in [0.05, 0.1) is 6.10 Å².